The van der Waals surface area contributed by atoms with Crippen molar-refractivity contribution in [3.8, 4) is 11.1 Å². The fraction of sp³-hybridized carbons (Fsp3) is 0. The summed E-state index contributed by atoms with van der Waals surface area (Å²) in [5, 5.41) is 18.3. The lowest BCUT2D eigenvalue weighted by Gasteiger charge is -2.28. The van der Waals surface area contributed by atoms with Crippen LogP contribution < -0.4 is 31.8 Å². The third-order valence-corrected chi connectivity index (χ3v) is 15.5. The maximum absolute atomic E-state index is 2.45. The number of hydrogen-bond donors (Lipinski definition) is 0. The summed E-state index contributed by atoms with van der Waals surface area (Å²) in [5.74, 6) is 0. The first kappa shape index (κ1) is 32.7. The third kappa shape index (κ3) is 5.90. The van der Waals surface area contributed by atoms with Crippen LogP contribution in [-0.4, -0.2) is 0 Å². The largest absolute Gasteiger partial charge is 0.0622 e. The fourth-order valence-electron chi connectivity index (χ4n) is 8.06. The summed E-state index contributed by atoms with van der Waals surface area (Å²) in [6, 6.07) is 81.7. The quantitative estimate of drug-likeness (QED) is 0.144. The van der Waals surface area contributed by atoms with Crippen LogP contribution in [0.4, 0.5) is 0 Å². The molecule has 0 bridgehead atoms. The van der Waals surface area contributed by atoms with E-state index in [1.807, 2.05) is 0 Å². The average molecular weight is 723 g/mol. The minimum atomic E-state index is -0.998. The molecule has 0 amide bonds. The summed E-state index contributed by atoms with van der Waals surface area (Å²) in [6.45, 7) is 0. The summed E-state index contributed by atoms with van der Waals surface area (Å²) in [6.07, 6.45) is 0. The van der Waals surface area contributed by atoms with Gasteiger partial charge in [-0.05, 0) is 114 Å². The van der Waals surface area contributed by atoms with Gasteiger partial charge in [0, 0.05) is 0 Å². The van der Waals surface area contributed by atoms with Crippen molar-refractivity contribution in [1.29, 1.82) is 0 Å². The van der Waals surface area contributed by atoms with Gasteiger partial charge in [-0.15, -0.1) is 0 Å². The van der Waals surface area contributed by atoms with Crippen molar-refractivity contribution in [3.05, 3.63) is 218 Å². The molecule has 2 heteroatoms. The molecule has 0 aliphatic carbocycles. The molecular weight excluding hydrogens is 687 g/mol. The molecular formula is C52H36P2. The van der Waals surface area contributed by atoms with Crippen LogP contribution in [0.5, 0.6) is 0 Å². The Kier molecular flexibility index (Phi) is 8.58. The molecule has 0 aliphatic heterocycles. The molecule has 0 heterocycles. The summed E-state index contributed by atoms with van der Waals surface area (Å²) in [4.78, 5) is 0. The van der Waals surface area contributed by atoms with E-state index in [-0.39, 0.29) is 0 Å². The van der Waals surface area contributed by atoms with E-state index in [2.05, 4.69) is 218 Å². The van der Waals surface area contributed by atoms with Gasteiger partial charge >= 0.3 is 0 Å². The first-order chi connectivity index (χ1) is 26.8. The van der Waals surface area contributed by atoms with Crippen molar-refractivity contribution in [2.75, 3.05) is 0 Å². The standard InChI is InChI=1S/C52H36P2/c1-3-21-43(22-4-1)53(44-23-5-2-6-24-44)49-33-29-39-17-11-13-25-47(39)51(49)52-48-26-14-12-18-40(48)30-34-50(52)54(45-31-27-37-15-7-9-19-41(37)35-45)46-32-28-38-16-8-10-20-42(38)36-46/h1-36H. The molecule has 0 saturated carbocycles. The third-order valence-electron chi connectivity index (χ3n) is 10.6. The SMILES string of the molecule is c1ccc(P(c2ccccc2)c2ccc3ccccc3c2-c2c(P(c3ccc4ccccc4c3)c3ccc4ccccc4c3)ccc3ccccc23)cc1. The molecule has 0 spiro atoms. The Hall–Kier alpha value is -5.90. The highest BCUT2D eigenvalue weighted by atomic mass is 31.1. The maximum atomic E-state index is 2.45. The molecule has 54 heavy (non-hydrogen) atoms. The Balaban J connectivity index is 1.34. The molecule has 0 fully saturated rings. The molecule has 0 N–H and O–H groups in total. The van der Waals surface area contributed by atoms with Gasteiger partial charge in [0.1, 0.15) is 0 Å². The van der Waals surface area contributed by atoms with Gasteiger partial charge in [-0.25, -0.2) is 0 Å². The highest BCUT2D eigenvalue weighted by Gasteiger charge is 2.28. The lowest BCUT2D eigenvalue weighted by Crippen LogP contribution is -2.26. The van der Waals surface area contributed by atoms with Crippen molar-refractivity contribution >= 4 is 90.8 Å². The van der Waals surface area contributed by atoms with Crippen LogP contribution >= 0.6 is 15.8 Å². The van der Waals surface area contributed by atoms with Crippen LogP contribution in [0.15, 0.2) is 218 Å². The zero-order valence-corrected chi connectivity index (χ0v) is 31.5. The molecule has 10 aromatic rings. The summed E-state index contributed by atoms with van der Waals surface area (Å²) in [7, 11) is -1.90. The van der Waals surface area contributed by atoms with Crippen LogP contribution in [-0.2, 0) is 0 Å². The summed E-state index contributed by atoms with van der Waals surface area (Å²) >= 11 is 0. The normalized spacial score (nSPS) is 11.7. The molecule has 10 aromatic carbocycles. The van der Waals surface area contributed by atoms with Crippen molar-refractivity contribution in [2.45, 2.75) is 0 Å². The molecule has 0 aliphatic rings. The lowest BCUT2D eigenvalue weighted by molar-refractivity contribution is 1.72. The van der Waals surface area contributed by atoms with Gasteiger partial charge in [0.05, 0.1) is 0 Å². The average Bonchev–Trinajstić information content (AvgIpc) is 3.24. The van der Waals surface area contributed by atoms with E-state index in [1.165, 1.54) is 86.0 Å². The molecule has 0 saturated heterocycles. The zero-order valence-electron chi connectivity index (χ0n) is 29.7. The molecule has 10 rings (SSSR count). The maximum Gasteiger partial charge on any atom is -0.000884 e. The second-order valence-corrected chi connectivity index (χ2v) is 18.1. The topological polar surface area (TPSA) is 0 Å². The number of fused-ring (bicyclic) bond motifs is 4. The second-order valence-electron chi connectivity index (χ2n) is 13.8. The molecule has 0 radical (unpaired) electrons. The predicted octanol–water partition coefficient (Wildman–Crippen LogP) is 11.5. The van der Waals surface area contributed by atoms with Crippen LogP contribution in [0.2, 0.25) is 0 Å². The molecule has 0 nitrogen and oxygen atoms in total. The lowest BCUT2D eigenvalue weighted by atomic mass is 9.93. The van der Waals surface area contributed by atoms with Gasteiger partial charge in [0.25, 0.3) is 0 Å². The van der Waals surface area contributed by atoms with Crippen LogP contribution in [0, 0.1) is 0 Å². The van der Waals surface area contributed by atoms with Crippen LogP contribution in [0.3, 0.4) is 0 Å². The molecule has 0 atom stereocenters. The van der Waals surface area contributed by atoms with Gasteiger partial charge in [-0.1, -0.05) is 206 Å². The Bertz CT molecular complexity index is 2830. The number of benzene rings is 10. The van der Waals surface area contributed by atoms with E-state index in [1.54, 1.807) is 0 Å². The van der Waals surface area contributed by atoms with E-state index in [9.17, 15) is 0 Å². The fourth-order valence-corrected chi connectivity index (χ4v) is 13.1. The smallest absolute Gasteiger partial charge is 0.000884 e. The number of hydrogen-bond acceptors (Lipinski definition) is 0. The Morgan fingerprint density at radius 1 is 0.222 bits per heavy atom. The van der Waals surface area contributed by atoms with Crippen molar-refractivity contribution in [2.24, 2.45) is 0 Å². The highest BCUT2D eigenvalue weighted by Crippen LogP contribution is 2.46. The minimum absolute atomic E-state index is 0.899. The van der Waals surface area contributed by atoms with E-state index in [4.69, 9.17) is 0 Å². The van der Waals surface area contributed by atoms with Crippen molar-refractivity contribution in [3.63, 3.8) is 0 Å². The Morgan fingerprint density at radius 2 is 0.556 bits per heavy atom. The van der Waals surface area contributed by atoms with E-state index >= 15 is 0 Å². The van der Waals surface area contributed by atoms with Gasteiger partial charge in [-0.3, -0.25) is 0 Å². The monoisotopic (exact) mass is 722 g/mol. The minimum Gasteiger partial charge on any atom is -0.0622 e. The van der Waals surface area contributed by atoms with Gasteiger partial charge in [0.15, 0.2) is 0 Å². The zero-order chi connectivity index (χ0) is 35.8. The molecule has 0 unspecified atom stereocenters. The Labute approximate surface area is 318 Å². The van der Waals surface area contributed by atoms with E-state index in [0.29, 0.717) is 0 Å². The van der Waals surface area contributed by atoms with Crippen LogP contribution in [0.25, 0.3) is 54.2 Å². The predicted molar refractivity (Wildman–Crippen MR) is 239 cm³/mol. The first-order valence-corrected chi connectivity index (χ1v) is 21.2. The van der Waals surface area contributed by atoms with Gasteiger partial charge < -0.3 is 0 Å². The second kappa shape index (κ2) is 14.2. The number of rotatable bonds is 7. The molecule has 254 valence electrons. The van der Waals surface area contributed by atoms with Gasteiger partial charge in [0.2, 0.25) is 0 Å². The van der Waals surface area contributed by atoms with Gasteiger partial charge in [-0.2, -0.15) is 0 Å². The van der Waals surface area contributed by atoms with Crippen LogP contribution in [0.1, 0.15) is 0 Å². The molecule has 0 aromatic heterocycles. The van der Waals surface area contributed by atoms with Crippen molar-refractivity contribution in [1.82, 2.24) is 0 Å². The highest BCUT2D eigenvalue weighted by molar-refractivity contribution is 7.81. The summed E-state index contributed by atoms with van der Waals surface area (Å²) < 4.78 is 0. The van der Waals surface area contributed by atoms with E-state index in [0.717, 1.165) is 0 Å². The van der Waals surface area contributed by atoms with E-state index < -0.39 is 15.8 Å². The summed E-state index contributed by atoms with van der Waals surface area (Å²) in [5.41, 5.74) is 2.68. The Morgan fingerprint density at radius 3 is 1.00 bits per heavy atom. The first-order valence-electron chi connectivity index (χ1n) is 18.5. The van der Waals surface area contributed by atoms with Crippen molar-refractivity contribution < 1.29 is 0 Å².